The summed E-state index contributed by atoms with van der Waals surface area (Å²) in [5.74, 6) is 0.413. The van der Waals surface area contributed by atoms with Crippen molar-refractivity contribution in [2.75, 3.05) is 30.2 Å². The number of likely N-dealkylation sites (tertiary alicyclic amines) is 1. The van der Waals surface area contributed by atoms with Crippen LogP contribution in [0.1, 0.15) is 24.0 Å². The molecule has 2 aromatic rings. The Morgan fingerprint density at radius 2 is 1.79 bits per heavy atom. The number of rotatable bonds is 6. The van der Waals surface area contributed by atoms with Crippen molar-refractivity contribution in [1.82, 2.24) is 4.90 Å². The maximum absolute atomic E-state index is 12.9. The van der Waals surface area contributed by atoms with Gasteiger partial charge in [0.1, 0.15) is 6.54 Å². The van der Waals surface area contributed by atoms with Crippen LogP contribution in [-0.4, -0.2) is 45.1 Å². The fourth-order valence-electron chi connectivity index (χ4n) is 3.74. The molecule has 1 heterocycles. The Kier molecular flexibility index (Phi) is 7.01. The average Bonchev–Trinajstić information content (AvgIpc) is 2.69. The molecule has 0 unspecified atom stereocenters. The van der Waals surface area contributed by atoms with Gasteiger partial charge in [0.2, 0.25) is 15.9 Å². The molecule has 0 bridgehead atoms. The Hall–Kier alpha value is -1.86. The van der Waals surface area contributed by atoms with E-state index in [0.717, 1.165) is 35.6 Å². The van der Waals surface area contributed by atoms with Crippen molar-refractivity contribution in [2.45, 2.75) is 26.2 Å². The Labute approximate surface area is 181 Å². The van der Waals surface area contributed by atoms with Crippen molar-refractivity contribution in [3.05, 3.63) is 64.1 Å². The van der Waals surface area contributed by atoms with E-state index < -0.39 is 10.0 Å². The van der Waals surface area contributed by atoms with Crippen LogP contribution >= 0.6 is 15.9 Å². The zero-order chi connectivity index (χ0) is 21.0. The minimum atomic E-state index is -3.56. The molecule has 0 saturated carbocycles. The first-order chi connectivity index (χ1) is 13.7. The van der Waals surface area contributed by atoms with E-state index in [0.29, 0.717) is 24.7 Å². The van der Waals surface area contributed by atoms with Crippen LogP contribution in [0.5, 0.6) is 0 Å². The first kappa shape index (κ1) is 21.8. The van der Waals surface area contributed by atoms with E-state index in [-0.39, 0.29) is 12.5 Å². The van der Waals surface area contributed by atoms with Crippen LogP contribution in [0.15, 0.2) is 53.0 Å². The fourth-order valence-corrected chi connectivity index (χ4v) is 4.83. The lowest BCUT2D eigenvalue weighted by atomic mass is 9.90. The molecule has 1 fully saturated rings. The molecule has 1 aliphatic heterocycles. The number of halogens is 1. The maximum atomic E-state index is 12.9. The summed E-state index contributed by atoms with van der Waals surface area (Å²) >= 11 is 3.43. The lowest BCUT2D eigenvalue weighted by Crippen LogP contribution is -2.46. The number of benzene rings is 2. The van der Waals surface area contributed by atoms with Crippen LogP contribution in [-0.2, 0) is 21.2 Å². The molecular formula is C22H27BrN2O3S. The lowest BCUT2D eigenvalue weighted by molar-refractivity contribution is -0.130. The third-order valence-electron chi connectivity index (χ3n) is 5.44. The molecule has 0 spiro atoms. The summed E-state index contributed by atoms with van der Waals surface area (Å²) < 4.78 is 26.8. The second kappa shape index (κ2) is 9.30. The molecule has 1 amide bonds. The molecule has 0 aromatic heterocycles. The molecule has 3 rings (SSSR count). The second-order valence-corrected chi connectivity index (χ2v) is 10.5. The molecule has 0 N–H and O–H groups in total. The predicted molar refractivity (Wildman–Crippen MR) is 121 cm³/mol. The van der Waals surface area contributed by atoms with Crippen LogP contribution in [0, 0.1) is 12.8 Å². The van der Waals surface area contributed by atoms with Crippen LogP contribution < -0.4 is 4.31 Å². The van der Waals surface area contributed by atoms with Gasteiger partial charge in [-0.3, -0.25) is 9.10 Å². The number of anilines is 1. The highest BCUT2D eigenvalue weighted by Gasteiger charge is 2.27. The van der Waals surface area contributed by atoms with E-state index in [1.54, 1.807) is 17.0 Å². The van der Waals surface area contributed by atoms with Gasteiger partial charge in [0.05, 0.1) is 11.9 Å². The van der Waals surface area contributed by atoms with Crippen molar-refractivity contribution >= 4 is 37.5 Å². The summed E-state index contributed by atoms with van der Waals surface area (Å²) in [7, 11) is -3.56. The van der Waals surface area contributed by atoms with E-state index in [9.17, 15) is 13.2 Å². The minimum absolute atomic E-state index is 0.144. The van der Waals surface area contributed by atoms with Crippen molar-refractivity contribution in [3.63, 3.8) is 0 Å². The quantitative estimate of drug-likeness (QED) is 0.630. The second-order valence-electron chi connectivity index (χ2n) is 7.72. The summed E-state index contributed by atoms with van der Waals surface area (Å²) in [6, 6.07) is 15.7. The molecule has 7 heteroatoms. The van der Waals surface area contributed by atoms with Gasteiger partial charge in [0.25, 0.3) is 0 Å². The van der Waals surface area contributed by atoms with Gasteiger partial charge < -0.3 is 4.90 Å². The topological polar surface area (TPSA) is 57.7 Å². The molecule has 0 atom stereocenters. The number of nitrogens with zero attached hydrogens (tertiary/aromatic N) is 2. The van der Waals surface area contributed by atoms with E-state index in [2.05, 4.69) is 40.2 Å². The molecule has 156 valence electrons. The minimum Gasteiger partial charge on any atom is -0.341 e. The molecule has 1 saturated heterocycles. The summed E-state index contributed by atoms with van der Waals surface area (Å²) in [4.78, 5) is 14.7. The van der Waals surface area contributed by atoms with Gasteiger partial charge >= 0.3 is 0 Å². The number of carbonyl (C=O) groups is 1. The third kappa shape index (κ3) is 5.82. The average molecular weight is 479 g/mol. The van der Waals surface area contributed by atoms with Gasteiger partial charge in [-0.1, -0.05) is 46.3 Å². The number of amides is 1. The fraction of sp³-hybridized carbons (Fsp3) is 0.409. The van der Waals surface area contributed by atoms with Crippen molar-refractivity contribution < 1.29 is 13.2 Å². The van der Waals surface area contributed by atoms with Gasteiger partial charge in [0, 0.05) is 17.6 Å². The zero-order valence-electron chi connectivity index (χ0n) is 16.8. The molecular weight excluding hydrogens is 452 g/mol. The van der Waals surface area contributed by atoms with Gasteiger partial charge in [-0.25, -0.2) is 8.42 Å². The van der Waals surface area contributed by atoms with E-state index in [4.69, 9.17) is 0 Å². The maximum Gasteiger partial charge on any atom is 0.243 e. The molecule has 5 nitrogen and oxygen atoms in total. The standard InChI is InChI=1S/C22H27BrN2O3S/c1-17-14-20(8-9-21(17)23)25(29(2,27)28)16-22(26)24-12-10-19(11-13-24)15-18-6-4-3-5-7-18/h3-9,14,19H,10-13,15-16H2,1-2H3. The summed E-state index contributed by atoms with van der Waals surface area (Å²) in [6.07, 6.45) is 4.05. The Bertz CT molecular complexity index is 955. The molecule has 0 aliphatic carbocycles. The lowest BCUT2D eigenvalue weighted by Gasteiger charge is -2.33. The van der Waals surface area contributed by atoms with Gasteiger partial charge in [-0.15, -0.1) is 0 Å². The predicted octanol–water partition coefficient (Wildman–Crippen LogP) is 4.00. The van der Waals surface area contributed by atoms with Gasteiger partial charge in [-0.05, 0) is 61.4 Å². The number of sulfonamides is 1. The number of piperidine rings is 1. The number of carbonyl (C=O) groups excluding carboxylic acids is 1. The Balaban J connectivity index is 1.62. The molecule has 29 heavy (non-hydrogen) atoms. The first-order valence-electron chi connectivity index (χ1n) is 9.79. The van der Waals surface area contributed by atoms with E-state index >= 15 is 0 Å². The summed E-state index contributed by atoms with van der Waals surface area (Å²) in [5, 5.41) is 0. The van der Waals surface area contributed by atoms with Crippen LogP contribution in [0.4, 0.5) is 5.69 Å². The summed E-state index contributed by atoms with van der Waals surface area (Å²) in [6.45, 7) is 3.08. The smallest absolute Gasteiger partial charge is 0.243 e. The highest BCUT2D eigenvalue weighted by atomic mass is 79.9. The number of hydrogen-bond acceptors (Lipinski definition) is 3. The first-order valence-corrected chi connectivity index (χ1v) is 12.4. The van der Waals surface area contributed by atoms with Crippen molar-refractivity contribution in [1.29, 1.82) is 0 Å². The highest BCUT2D eigenvalue weighted by Crippen LogP contribution is 2.26. The normalized spacial score (nSPS) is 15.3. The molecule has 0 radical (unpaired) electrons. The highest BCUT2D eigenvalue weighted by molar-refractivity contribution is 9.10. The number of aryl methyl sites for hydroxylation is 1. The largest absolute Gasteiger partial charge is 0.341 e. The van der Waals surface area contributed by atoms with E-state index in [1.807, 2.05) is 19.1 Å². The van der Waals surface area contributed by atoms with Crippen molar-refractivity contribution in [3.8, 4) is 0 Å². The Morgan fingerprint density at radius 1 is 1.14 bits per heavy atom. The molecule has 1 aliphatic rings. The summed E-state index contributed by atoms with van der Waals surface area (Å²) in [5.41, 5.74) is 2.76. The SMILES string of the molecule is Cc1cc(N(CC(=O)N2CCC(Cc3ccccc3)CC2)S(C)(=O)=O)ccc1Br. The third-order valence-corrected chi connectivity index (χ3v) is 7.47. The van der Waals surface area contributed by atoms with E-state index in [1.165, 1.54) is 9.87 Å². The zero-order valence-corrected chi connectivity index (χ0v) is 19.2. The number of hydrogen-bond donors (Lipinski definition) is 0. The molecule has 2 aromatic carbocycles. The Morgan fingerprint density at radius 3 is 2.38 bits per heavy atom. The van der Waals surface area contributed by atoms with Crippen LogP contribution in [0.25, 0.3) is 0 Å². The van der Waals surface area contributed by atoms with Gasteiger partial charge in [-0.2, -0.15) is 0 Å². The van der Waals surface area contributed by atoms with Crippen molar-refractivity contribution in [2.24, 2.45) is 5.92 Å². The van der Waals surface area contributed by atoms with Gasteiger partial charge in [0.15, 0.2) is 0 Å². The monoisotopic (exact) mass is 478 g/mol. The van der Waals surface area contributed by atoms with Crippen LogP contribution in [0.3, 0.4) is 0 Å². The van der Waals surface area contributed by atoms with Crippen LogP contribution in [0.2, 0.25) is 0 Å².